The first-order valence-electron chi connectivity index (χ1n) is 14.4. The summed E-state index contributed by atoms with van der Waals surface area (Å²) < 4.78 is 43.8. The Morgan fingerprint density at radius 2 is 1.70 bits per heavy atom. The van der Waals surface area contributed by atoms with E-state index in [9.17, 15) is 22.4 Å². The average molecular weight is 608 g/mol. The van der Waals surface area contributed by atoms with E-state index in [4.69, 9.17) is 11.1 Å². The summed E-state index contributed by atoms with van der Waals surface area (Å²) in [5, 5.41) is 10.4. The molecule has 5 N–H and O–H groups in total. The van der Waals surface area contributed by atoms with Gasteiger partial charge in [0.2, 0.25) is 21.8 Å². The summed E-state index contributed by atoms with van der Waals surface area (Å²) in [5.74, 6) is -0.489. The van der Waals surface area contributed by atoms with Gasteiger partial charge in [-0.3, -0.25) is 15.0 Å². The van der Waals surface area contributed by atoms with Gasteiger partial charge >= 0.3 is 0 Å². The van der Waals surface area contributed by atoms with E-state index in [1.54, 1.807) is 60.5 Å². The van der Waals surface area contributed by atoms with Crippen LogP contribution in [0.15, 0.2) is 77.7 Å². The topological polar surface area (TPSA) is 145 Å². The van der Waals surface area contributed by atoms with Crippen LogP contribution in [-0.4, -0.2) is 57.1 Å². The fourth-order valence-corrected chi connectivity index (χ4v) is 6.62. The van der Waals surface area contributed by atoms with E-state index < -0.39 is 21.9 Å². The molecule has 1 saturated heterocycles. The second-order valence-electron chi connectivity index (χ2n) is 10.9. The van der Waals surface area contributed by atoms with Crippen LogP contribution < -0.4 is 15.8 Å². The third-order valence-electron chi connectivity index (χ3n) is 7.80. The standard InChI is InChI=1S/C32H38FN5O4S/c1-36-30(39)13-3-6-22-14-16-38(17-15-22)32(40)29(19-23-7-2-10-26(18-23)31(34)35)37-43(41,42)28-12-5-9-25(21-28)24-8-4-11-27(33)20-24/h2,4-5,7-12,18,20-22,29,37H,3,6,13-17,19H2,1H3,(H3,34,35)(H,36,39)/t29-/m0/s1. The van der Waals surface area contributed by atoms with E-state index in [0.29, 0.717) is 47.7 Å². The summed E-state index contributed by atoms with van der Waals surface area (Å²) in [6, 6.07) is 17.8. The van der Waals surface area contributed by atoms with Gasteiger partial charge in [-0.25, -0.2) is 12.8 Å². The third-order valence-corrected chi connectivity index (χ3v) is 9.27. The number of amides is 2. The molecule has 1 aliphatic heterocycles. The maximum absolute atomic E-state index is 13.8. The van der Waals surface area contributed by atoms with Gasteiger partial charge in [0.15, 0.2) is 0 Å². The van der Waals surface area contributed by atoms with Gasteiger partial charge in [0.25, 0.3) is 0 Å². The summed E-state index contributed by atoms with van der Waals surface area (Å²) in [4.78, 5) is 27.0. The fourth-order valence-electron chi connectivity index (χ4n) is 5.39. The molecule has 0 unspecified atom stereocenters. The molecule has 2 amide bonds. The van der Waals surface area contributed by atoms with Gasteiger partial charge in [-0.15, -0.1) is 0 Å². The van der Waals surface area contributed by atoms with Crippen molar-refractivity contribution in [3.63, 3.8) is 0 Å². The molecule has 11 heteroatoms. The molecular weight excluding hydrogens is 569 g/mol. The minimum Gasteiger partial charge on any atom is -0.384 e. The number of carbonyl (C=O) groups excluding carboxylic acids is 2. The summed E-state index contributed by atoms with van der Waals surface area (Å²) in [5.41, 5.74) is 7.86. The van der Waals surface area contributed by atoms with Crippen molar-refractivity contribution in [2.24, 2.45) is 11.7 Å². The highest BCUT2D eigenvalue weighted by molar-refractivity contribution is 7.89. The number of hydrogen-bond donors (Lipinski definition) is 4. The van der Waals surface area contributed by atoms with Crippen molar-refractivity contribution < 1.29 is 22.4 Å². The van der Waals surface area contributed by atoms with Gasteiger partial charge in [-0.2, -0.15) is 4.72 Å². The number of benzene rings is 3. The highest BCUT2D eigenvalue weighted by atomic mass is 32.2. The molecule has 1 aliphatic rings. The van der Waals surface area contributed by atoms with Crippen molar-refractivity contribution in [1.29, 1.82) is 5.41 Å². The molecule has 0 bridgehead atoms. The van der Waals surface area contributed by atoms with Crippen LogP contribution in [0.4, 0.5) is 4.39 Å². The summed E-state index contributed by atoms with van der Waals surface area (Å²) in [7, 11) is -2.54. The number of sulfonamides is 1. The molecular formula is C32H38FN5O4S. The molecule has 1 atom stereocenters. The largest absolute Gasteiger partial charge is 0.384 e. The Bertz CT molecular complexity index is 1570. The van der Waals surface area contributed by atoms with Crippen LogP contribution in [0, 0.1) is 17.1 Å². The van der Waals surface area contributed by atoms with E-state index in [1.807, 2.05) is 0 Å². The molecule has 3 aromatic carbocycles. The summed E-state index contributed by atoms with van der Waals surface area (Å²) in [6.45, 7) is 0.981. The van der Waals surface area contributed by atoms with Crippen LogP contribution in [-0.2, 0) is 26.0 Å². The number of halogens is 1. The van der Waals surface area contributed by atoms with Crippen LogP contribution in [0.2, 0.25) is 0 Å². The molecule has 0 aliphatic carbocycles. The Morgan fingerprint density at radius 1 is 1.02 bits per heavy atom. The molecule has 0 radical (unpaired) electrons. The fraction of sp³-hybridized carbons (Fsp3) is 0.344. The lowest BCUT2D eigenvalue weighted by atomic mass is 9.91. The Morgan fingerprint density at radius 3 is 2.37 bits per heavy atom. The molecule has 4 rings (SSSR count). The molecule has 0 aromatic heterocycles. The van der Waals surface area contributed by atoms with E-state index >= 15 is 0 Å². The number of piperidine rings is 1. The third kappa shape index (κ3) is 8.71. The Hall–Kier alpha value is -4.09. The van der Waals surface area contributed by atoms with Crippen LogP contribution in [0.1, 0.15) is 43.2 Å². The van der Waals surface area contributed by atoms with E-state index in [0.717, 1.165) is 25.7 Å². The van der Waals surface area contributed by atoms with Crippen LogP contribution in [0.25, 0.3) is 11.1 Å². The lowest BCUT2D eigenvalue weighted by Crippen LogP contribution is -2.51. The number of likely N-dealkylation sites (tertiary alicyclic amines) is 1. The minimum absolute atomic E-state index is 0.0121. The van der Waals surface area contributed by atoms with Crippen molar-refractivity contribution >= 4 is 27.7 Å². The average Bonchev–Trinajstić information content (AvgIpc) is 3.00. The molecule has 3 aromatic rings. The highest BCUT2D eigenvalue weighted by Crippen LogP contribution is 2.26. The van der Waals surface area contributed by atoms with Gasteiger partial charge in [0.05, 0.1) is 4.90 Å². The number of nitrogens with one attached hydrogen (secondary N) is 3. The second-order valence-corrected chi connectivity index (χ2v) is 12.6. The predicted octanol–water partition coefficient (Wildman–Crippen LogP) is 3.82. The lowest BCUT2D eigenvalue weighted by Gasteiger charge is -2.34. The predicted molar refractivity (Wildman–Crippen MR) is 164 cm³/mol. The summed E-state index contributed by atoms with van der Waals surface area (Å²) >= 11 is 0. The van der Waals surface area contributed by atoms with Crippen LogP contribution >= 0.6 is 0 Å². The zero-order valence-electron chi connectivity index (χ0n) is 24.2. The van der Waals surface area contributed by atoms with E-state index in [-0.39, 0.29) is 29.0 Å². The molecule has 0 saturated carbocycles. The molecule has 1 fully saturated rings. The number of nitrogens with zero attached hydrogens (tertiary/aromatic N) is 1. The molecule has 0 spiro atoms. The quantitative estimate of drug-likeness (QED) is 0.183. The van der Waals surface area contributed by atoms with Gasteiger partial charge in [0, 0.05) is 32.1 Å². The maximum Gasteiger partial charge on any atom is 0.241 e. The van der Waals surface area contributed by atoms with Gasteiger partial charge < -0.3 is 16.0 Å². The number of amidine groups is 1. The van der Waals surface area contributed by atoms with Crippen molar-refractivity contribution in [1.82, 2.24) is 14.9 Å². The lowest BCUT2D eigenvalue weighted by molar-refractivity contribution is -0.134. The van der Waals surface area contributed by atoms with Crippen LogP contribution in [0.5, 0.6) is 0 Å². The van der Waals surface area contributed by atoms with Gasteiger partial charge in [0.1, 0.15) is 17.7 Å². The monoisotopic (exact) mass is 607 g/mol. The number of carbonyl (C=O) groups is 2. The Kier molecular flexibility index (Phi) is 10.7. The van der Waals surface area contributed by atoms with Gasteiger partial charge in [-0.05, 0) is 85.0 Å². The highest BCUT2D eigenvalue weighted by Gasteiger charge is 2.32. The number of rotatable bonds is 12. The minimum atomic E-state index is -4.16. The SMILES string of the molecule is CNC(=O)CCCC1CCN(C(=O)[C@H](Cc2cccc(C(=N)N)c2)NS(=O)(=O)c2cccc(-c3cccc(F)c3)c2)CC1. The Labute approximate surface area is 252 Å². The first kappa shape index (κ1) is 31.8. The van der Waals surface area contributed by atoms with Crippen molar-refractivity contribution in [3.8, 4) is 11.1 Å². The normalized spacial score (nSPS) is 14.7. The first-order valence-corrected chi connectivity index (χ1v) is 15.8. The molecule has 43 heavy (non-hydrogen) atoms. The first-order chi connectivity index (χ1) is 20.6. The zero-order valence-corrected chi connectivity index (χ0v) is 25.0. The number of hydrogen-bond acceptors (Lipinski definition) is 5. The van der Waals surface area contributed by atoms with E-state index in [1.165, 1.54) is 24.3 Å². The number of nitrogens with two attached hydrogens (primary N) is 1. The maximum atomic E-state index is 13.8. The molecule has 1 heterocycles. The van der Waals surface area contributed by atoms with Crippen molar-refractivity contribution in [3.05, 3.63) is 89.7 Å². The van der Waals surface area contributed by atoms with Gasteiger partial charge in [-0.1, -0.05) is 42.5 Å². The van der Waals surface area contributed by atoms with Crippen molar-refractivity contribution in [2.45, 2.75) is 49.5 Å². The zero-order chi connectivity index (χ0) is 31.0. The van der Waals surface area contributed by atoms with Crippen molar-refractivity contribution in [2.75, 3.05) is 20.1 Å². The smallest absolute Gasteiger partial charge is 0.241 e. The summed E-state index contributed by atoms with van der Waals surface area (Å²) in [6.07, 6.45) is 3.75. The van der Waals surface area contributed by atoms with E-state index in [2.05, 4.69) is 10.0 Å². The van der Waals surface area contributed by atoms with Crippen LogP contribution in [0.3, 0.4) is 0 Å². The second kappa shape index (κ2) is 14.4. The molecule has 228 valence electrons. The number of nitrogen functional groups attached to an aromatic ring is 1. The Balaban J connectivity index is 1.53. The molecule has 9 nitrogen and oxygen atoms in total.